The van der Waals surface area contributed by atoms with Gasteiger partial charge in [0.05, 0.1) is 12.2 Å². The Kier molecular flexibility index (Phi) is 6.20. The molecular weight excluding hydrogens is 337 g/mol. The molecule has 0 fully saturated rings. The lowest BCUT2D eigenvalue weighted by Crippen LogP contribution is -2.03. The van der Waals surface area contributed by atoms with Gasteiger partial charge in [0.1, 0.15) is 0 Å². The fraction of sp³-hybridized carbons (Fsp3) is 0.278. The minimum Gasteiger partial charge on any atom is -0.463 e. The largest absolute Gasteiger partial charge is 0.463 e. The summed E-state index contributed by atoms with van der Waals surface area (Å²) in [5.74, 6) is -0.395. The van der Waals surface area contributed by atoms with Crippen LogP contribution in [0.3, 0.4) is 0 Å². The molecule has 2 nitrogen and oxygen atoms in total. The molecule has 24 heavy (non-hydrogen) atoms. The van der Waals surface area contributed by atoms with Crippen LogP contribution in [0.25, 0.3) is 16.5 Å². The molecule has 1 aromatic carbocycles. The van der Waals surface area contributed by atoms with Crippen molar-refractivity contribution in [1.29, 1.82) is 0 Å². The van der Waals surface area contributed by atoms with Crippen LogP contribution in [-0.2, 0) is 15.7 Å². The summed E-state index contributed by atoms with van der Waals surface area (Å²) in [6, 6.07) is 8.65. The molecule has 6 heteroatoms. The summed E-state index contributed by atoms with van der Waals surface area (Å²) < 4.78 is 42.7. The number of rotatable bonds is 6. The van der Waals surface area contributed by atoms with E-state index in [1.54, 1.807) is 6.08 Å². The lowest BCUT2D eigenvalue weighted by Gasteiger charge is -2.06. The Balaban J connectivity index is 2.01. The van der Waals surface area contributed by atoms with Crippen molar-refractivity contribution in [2.45, 2.75) is 25.9 Å². The number of ether oxygens (including phenoxy) is 1. The Labute approximate surface area is 142 Å². The molecule has 0 aliphatic carbocycles. The summed E-state index contributed by atoms with van der Waals surface area (Å²) in [4.78, 5) is 13.2. The fourth-order valence-electron chi connectivity index (χ4n) is 1.94. The van der Waals surface area contributed by atoms with Crippen LogP contribution in [0.2, 0.25) is 0 Å². The van der Waals surface area contributed by atoms with E-state index in [0.29, 0.717) is 12.2 Å². The average Bonchev–Trinajstić information content (AvgIpc) is 3.01. The van der Waals surface area contributed by atoms with Crippen LogP contribution in [0.15, 0.2) is 42.5 Å². The van der Waals surface area contributed by atoms with Crippen molar-refractivity contribution in [1.82, 2.24) is 0 Å². The number of esters is 1. The van der Waals surface area contributed by atoms with Crippen molar-refractivity contribution in [3.05, 3.63) is 52.9 Å². The molecule has 0 aliphatic rings. The predicted octanol–water partition coefficient (Wildman–Crippen LogP) is 5.79. The van der Waals surface area contributed by atoms with Gasteiger partial charge >= 0.3 is 12.1 Å². The Hall–Kier alpha value is -2.08. The maximum Gasteiger partial charge on any atom is 0.416 e. The monoisotopic (exact) mass is 354 g/mol. The van der Waals surface area contributed by atoms with Crippen LogP contribution < -0.4 is 0 Å². The standard InChI is InChI=1S/C18H17F3O2S/c1-2-3-12-23-17(22)11-9-15-8-10-16(24-15)13-4-6-14(7-5-13)18(19,20)21/h4-11H,2-3,12H2,1H3/b11-9+. The van der Waals surface area contributed by atoms with Crippen molar-refractivity contribution in [3.8, 4) is 10.4 Å². The smallest absolute Gasteiger partial charge is 0.416 e. The molecule has 0 bridgehead atoms. The van der Waals surface area contributed by atoms with Gasteiger partial charge in [0.15, 0.2) is 0 Å². The van der Waals surface area contributed by atoms with E-state index in [-0.39, 0.29) is 0 Å². The summed E-state index contributed by atoms with van der Waals surface area (Å²) in [5.41, 5.74) is 0.0379. The van der Waals surface area contributed by atoms with Gasteiger partial charge in [-0.25, -0.2) is 4.79 Å². The minimum atomic E-state index is -4.33. The molecule has 2 aromatic rings. The van der Waals surface area contributed by atoms with E-state index in [9.17, 15) is 18.0 Å². The maximum atomic E-state index is 12.6. The molecule has 0 amide bonds. The van der Waals surface area contributed by atoms with Crippen LogP contribution >= 0.6 is 11.3 Å². The molecule has 1 aromatic heterocycles. The van der Waals surface area contributed by atoms with E-state index < -0.39 is 17.7 Å². The minimum absolute atomic E-state index is 0.395. The van der Waals surface area contributed by atoms with Crippen LogP contribution in [0.1, 0.15) is 30.2 Å². The third kappa shape index (κ3) is 5.23. The summed E-state index contributed by atoms with van der Waals surface area (Å²) in [6.07, 6.45) is 0.458. The second kappa shape index (κ2) is 8.15. The van der Waals surface area contributed by atoms with Crippen molar-refractivity contribution in [3.63, 3.8) is 0 Å². The number of alkyl halides is 3. The van der Waals surface area contributed by atoms with E-state index in [4.69, 9.17) is 4.74 Å². The van der Waals surface area contributed by atoms with E-state index in [1.807, 2.05) is 19.1 Å². The number of halogens is 3. The van der Waals surface area contributed by atoms with Crippen LogP contribution in [0.4, 0.5) is 13.2 Å². The van der Waals surface area contributed by atoms with Crippen LogP contribution in [0.5, 0.6) is 0 Å². The molecule has 2 rings (SSSR count). The molecule has 1 heterocycles. The molecule has 0 atom stereocenters. The molecule has 0 spiro atoms. The Morgan fingerprint density at radius 2 is 1.88 bits per heavy atom. The molecule has 128 valence electrons. The number of carbonyl (C=O) groups excluding carboxylic acids is 1. The Morgan fingerprint density at radius 3 is 2.50 bits per heavy atom. The number of benzene rings is 1. The number of hydrogen-bond donors (Lipinski definition) is 0. The van der Waals surface area contributed by atoms with Gasteiger partial charge in [0, 0.05) is 15.8 Å². The van der Waals surface area contributed by atoms with Gasteiger partial charge in [-0.05, 0) is 42.3 Å². The average molecular weight is 354 g/mol. The van der Waals surface area contributed by atoms with Crippen LogP contribution in [-0.4, -0.2) is 12.6 Å². The third-order valence-electron chi connectivity index (χ3n) is 3.25. The normalized spacial score (nSPS) is 11.8. The zero-order valence-corrected chi connectivity index (χ0v) is 13.9. The lowest BCUT2D eigenvalue weighted by molar-refractivity contribution is -0.138. The van der Waals surface area contributed by atoms with E-state index in [0.717, 1.165) is 34.7 Å². The summed E-state index contributed by atoms with van der Waals surface area (Å²) in [5, 5.41) is 0. The van der Waals surface area contributed by atoms with Gasteiger partial charge in [-0.2, -0.15) is 13.2 Å². The first-order valence-corrected chi connectivity index (χ1v) is 8.34. The number of thiophene rings is 1. The molecule has 0 saturated carbocycles. The third-order valence-corrected chi connectivity index (χ3v) is 4.35. The quantitative estimate of drug-likeness (QED) is 0.373. The predicted molar refractivity (Wildman–Crippen MR) is 89.7 cm³/mol. The van der Waals surface area contributed by atoms with Gasteiger partial charge in [-0.1, -0.05) is 25.5 Å². The highest BCUT2D eigenvalue weighted by atomic mass is 32.1. The second-order valence-electron chi connectivity index (χ2n) is 5.13. The topological polar surface area (TPSA) is 26.3 Å². The highest BCUT2D eigenvalue weighted by Gasteiger charge is 2.29. The fourth-order valence-corrected chi connectivity index (χ4v) is 2.85. The second-order valence-corrected chi connectivity index (χ2v) is 6.25. The van der Waals surface area contributed by atoms with Crippen LogP contribution in [0, 0.1) is 0 Å². The lowest BCUT2D eigenvalue weighted by atomic mass is 10.1. The van der Waals surface area contributed by atoms with Crippen molar-refractivity contribution in [2.75, 3.05) is 6.61 Å². The SMILES string of the molecule is CCCCOC(=O)/C=C/c1ccc(-c2ccc(C(F)(F)F)cc2)s1. The summed E-state index contributed by atoms with van der Waals surface area (Å²) in [6.45, 7) is 2.42. The van der Waals surface area contributed by atoms with Gasteiger partial charge in [0.25, 0.3) is 0 Å². The first-order valence-electron chi connectivity index (χ1n) is 7.52. The number of hydrogen-bond acceptors (Lipinski definition) is 3. The molecule has 0 aliphatic heterocycles. The molecule has 0 unspecified atom stereocenters. The van der Waals surface area contributed by atoms with Gasteiger partial charge in [-0.3, -0.25) is 0 Å². The number of unbranched alkanes of at least 4 members (excludes halogenated alkanes) is 1. The number of carbonyl (C=O) groups is 1. The summed E-state index contributed by atoms with van der Waals surface area (Å²) in [7, 11) is 0. The van der Waals surface area contributed by atoms with Crippen molar-refractivity contribution in [2.24, 2.45) is 0 Å². The first kappa shape index (κ1) is 18.3. The van der Waals surface area contributed by atoms with E-state index in [1.165, 1.54) is 29.5 Å². The first-order chi connectivity index (χ1) is 11.4. The van der Waals surface area contributed by atoms with E-state index >= 15 is 0 Å². The molecule has 0 saturated heterocycles. The maximum absolute atomic E-state index is 12.6. The summed E-state index contributed by atoms with van der Waals surface area (Å²) >= 11 is 1.39. The molecule has 0 N–H and O–H groups in total. The Bertz CT molecular complexity index is 700. The zero-order valence-electron chi connectivity index (χ0n) is 13.1. The molecule has 0 radical (unpaired) electrons. The highest BCUT2D eigenvalue weighted by Crippen LogP contribution is 2.33. The van der Waals surface area contributed by atoms with E-state index in [2.05, 4.69) is 0 Å². The van der Waals surface area contributed by atoms with Crippen molar-refractivity contribution < 1.29 is 22.7 Å². The molecular formula is C18H17F3O2S. The Morgan fingerprint density at radius 1 is 1.17 bits per heavy atom. The van der Waals surface area contributed by atoms with Gasteiger partial charge < -0.3 is 4.74 Å². The van der Waals surface area contributed by atoms with Crippen molar-refractivity contribution >= 4 is 23.4 Å². The zero-order chi connectivity index (χ0) is 17.6. The van der Waals surface area contributed by atoms with Gasteiger partial charge in [-0.15, -0.1) is 11.3 Å². The highest BCUT2D eigenvalue weighted by molar-refractivity contribution is 7.16. The van der Waals surface area contributed by atoms with Gasteiger partial charge in [0.2, 0.25) is 0 Å².